The number of hydrogen-bond donors (Lipinski definition) is 1. The molecule has 0 heterocycles. The van der Waals surface area contributed by atoms with E-state index in [1.54, 1.807) is 27.7 Å². The second-order valence-electron chi connectivity index (χ2n) is 5.53. The maximum Gasteiger partial charge on any atom is 0.323 e. The van der Waals surface area contributed by atoms with E-state index in [9.17, 15) is 27.6 Å². The van der Waals surface area contributed by atoms with Crippen molar-refractivity contribution in [2.75, 3.05) is 38.2 Å². The highest BCUT2D eigenvalue weighted by atomic mass is 32.2. The minimum absolute atomic E-state index is 0.115. The first-order valence-electron chi connectivity index (χ1n) is 8.38. The first-order valence-corrected chi connectivity index (χ1v) is 10.4. The van der Waals surface area contributed by atoms with Crippen molar-refractivity contribution in [3.63, 3.8) is 0 Å². The van der Waals surface area contributed by atoms with Crippen molar-refractivity contribution < 1.29 is 32.7 Å². The fourth-order valence-corrected chi connectivity index (χ4v) is 2.59. The van der Waals surface area contributed by atoms with Gasteiger partial charge in [0.2, 0.25) is 11.8 Å². The third-order valence-corrected chi connectivity index (χ3v) is 4.04. The van der Waals surface area contributed by atoms with Gasteiger partial charge >= 0.3 is 5.97 Å². The maximum atomic E-state index is 11.3. The van der Waals surface area contributed by atoms with Crippen LogP contribution in [-0.4, -0.2) is 85.1 Å². The van der Waals surface area contributed by atoms with E-state index in [-0.39, 0.29) is 24.9 Å². The van der Waals surface area contributed by atoms with Gasteiger partial charge < -0.3 is 14.9 Å². The van der Waals surface area contributed by atoms with Gasteiger partial charge in [0.1, 0.15) is 12.3 Å². The summed E-state index contributed by atoms with van der Waals surface area (Å²) in [5, 5.41) is 8.37. The summed E-state index contributed by atoms with van der Waals surface area (Å²) in [6.45, 7) is 7.50. The molecular formula is C16H30N2O7S. The Kier molecular flexibility index (Phi) is 13.4. The van der Waals surface area contributed by atoms with Gasteiger partial charge in [-0.1, -0.05) is 13.8 Å². The number of carboxylic acids is 1. The Morgan fingerprint density at radius 2 is 1.19 bits per heavy atom. The number of likely N-dealkylation sites (N-methyl/N-ethyl adjacent to an activating group) is 2. The molecule has 0 radical (unpaired) electrons. The van der Waals surface area contributed by atoms with E-state index < -0.39 is 27.3 Å². The molecule has 1 N–H and O–H groups in total. The van der Waals surface area contributed by atoms with E-state index in [0.29, 0.717) is 25.9 Å². The molecule has 0 unspecified atom stereocenters. The highest BCUT2D eigenvalue weighted by Gasteiger charge is 2.17. The van der Waals surface area contributed by atoms with Crippen LogP contribution in [-0.2, 0) is 29.0 Å². The zero-order chi connectivity index (χ0) is 20.9. The molecule has 0 bridgehead atoms. The molecule has 9 nitrogen and oxygen atoms in total. The molecule has 0 aromatic carbocycles. The predicted octanol–water partition coefficient (Wildman–Crippen LogP) is 0.188. The molecule has 0 rings (SSSR count). The van der Waals surface area contributed by atoms with E-state index in [0.717, 1.165) is 6.26 Å². The summed E-state index contributed by atoms with van der Waals surface area (Å²) in [5.74, 6) is -2.16. The van der Waals surface area contributed by atoms with Crippen LogP contribution in [0.1, 0.15) is 40.5 Å². The average molecular weight is 394 g/mol. The van der Waals surface area contributed by atoms with Crippen LogP contribution in [0.2, 0.25) is 0 Å². The smallest absolute Gasteiger partial charge is 0.323 e. The van der Waals surface area contributed by atoms with Crippen molar-refractivity contribution >= 4 is 33.4 Å². The molecule has 26 heavy (non-hydrogen) atoms. The minimum Gasteiger partial charge on any atom is -0.480 e. The molecule has 0 aliphatic carbocycles. The summed E-state index contributed by atoms with van der Waals surface area (Å²) in [7, 11) is -3.30. The number of hydrogen-bond acceptors (Lipinski definition) is 6. The molecule has 0 atom stereocenters. The summed E-state index contributed by atoms with van der Waals surface area (Å²) in [5.41, 5.74) is 0. The van der Waals surface area contributed by atoms with Gasteiger partial charge in [-0.15, -0.1) is 0 Å². The zero-order valence-corrected chi connectivity index (χ0v) is 17.0. The van der Waals surface area contributed by atoms with E-state index in [4.69, 9.17) is 5.11 Å². The van der Waals surface area contributed by atoms with Crippen molar-refractivity contribution in [2.24, 2.45) is 0 Å². The first-order chi connectivity index (χ1) is 11.9. The van der Waals surface area contributed by atoms with Crippen molar-refractivity contribution in [3.8, 4) is 0 Å². The molecule has 0 aliphatic heterocycles. The fraction of sp³-hybridized carbons (Fsp3) is 0.750. The molecule has 0 aliphatic rings. The number of Topliss-reactive ketones (excluding diaryl/α,β-unsaturated/α-hetero) is 1. The van der Waals surface area contributed by atoms with Crippen LogP contribution in [0.3, 0.4) is 0 Å². The first kappa shape index (κ1) is 26.3. The van der Waals surface area contributed by atoms with Gasteiger partial charge in [-0.05, 0) is 13.8 Å². The van der Waals surface area contributed by atoms with Crippen molar-refractivity contribution in [2.45, 2.75) is 40.5 Å². The number of carbonyl (C=O) groups excluding carboxylic acids is 3. The SMILES string of the molecule is CCC(=O)N(CC)CC(=O)CS(C)(=O)=O.CCC(=O)N(CC)CC(=O)O. The second kappa shape index (κ2) is 13.3. The molecule has 2 amide bonds. The van der Waals surface area contributed by atoms with Gasteiger partial charge in [0.25, 0.3) is 0 Å². The van der Waals surface area contributed by atoms with Crippen LogP contribution in [0.5, 0.6) is 0 Å². The summed E-state index contributed by atoms with van der Waals surface area (Å²) in [6.07, 6.45) is 1.68. The number of sulfone groups is 1. The monoisotopic (exact) mass is 394 g/mol. The summed E-state index contributed by atoms with van der Waals surface area (Å²) in [4.78, 5) is 46.3. The lowest BCUT2D eigenvalue weighted by Crippen LogP contribution is -2.37. The molecule has 0 fully saturated rings. The van der Waals surface area contributed by atoms with Crippen molar-refractivity contribution in [3.05, 3.63) is 0 Å². The molecular weight excluding hydrogens is 364 g/mol. The van der Waals surface area contributed by atoms with E-state index in [2.05, 4.69) is 0 Å². The topological polar surface area (TPSA) is 129 Å². The molecule has 0 saturated heterocycles. The fourth-order valence-electron chi connectivity index (χ4n) is 1.91. The summed E-state index contributed by atoms with van der Waals surface area (Å²) >= 11 is 0. The number of rotatable bonds is 10. The Hall–Kier alpha value is -1.97. The van der Waals surface area contributed by atoms with Crippen LogP contribution in [0.4, 0.5) is 0 Å². The summed E-state index contributed by atoms with van der Waals surface area (Å²) < 4.78 is 21.7. The van der Waals surface area contributed by atoms with Crippen LogP contribution in [0.25, 0.3) is 0 Å². The Morgan fingerprint density at radius 1 is 0.808 bits per heavy atom. The highest BCUT2D eigenvalue weighted by Crippen LogP contribution is 1.96. The number of ketones is 1. The van der Waals surface area contributed by atoms with Gasteiger partial charge in [0, 0.05) is 32.2 Å². The van der Waals surface area contributed by atoms with Gasteiger partial charge in [-0.3, -0.25) is 19.2 Å². The average Bonchev–Trinajstić information content (AvgIpc) is 2.54. The van der Waals surface area contributed by atoms with Gasteiger partial charge in [-0.25, -0.2) is 8.42 Å². The molecule has 0 saturated carbocycles. The quantitative estimate of drug-likeness (QED) is 0.560. The number of amides is 2. The normalized spacial score (nSPS) is 10.3. The molecule has 0 aromatic rings. The maximum absolute atomic E-state index is 11.3. The Balaban J connectivity index is 0. The Morgan fingerprint density at radius 3 is 1.46 bits per heavy atom. The largest absolute Gasteiger partial charge is 0.480 e. The zero-order valence-electron chi connectivity index (χ0n) is 16.1. The standard InChI is InChI=1S/C9H17NO4S.C7H13NO3/c1-4-9(12)10(5-2)6-8(11)7-15(3,13)14;1-3-6(9)8(4-2)5-7(10)11/h4-7H2,1-3H3;3-5H2,1-2H3,(H,10,11). The molecule has 10 heteroatoms. The minimum atomic E-state index is -3.30. The molecule has 0 aromatic heterocycles. The Bertz CT molecular complexity index is 587. The second-order valence-corrected chi connectivity index (χ2v) is 7.67. The van der Waals surface area contributed by atoms with Crippen LogP contribution < -0.4 is 0 Å². The van der Waals surface area contributed by atoms with Crippen LogP contribution in [0, 0.1) is 0 Å². The lowest BCUT2D eigenvalue weighted by Gasteiger charge is -2.18. The third-order valence-electron chi connectivity index (χ3n) is 3.19. The Labute approximate surface area is 155 Å². The van der Waals surface area contributed by atoms with Gasteiger partial charge in [-0.2, -0.15) is 0 Å². The number of nitrogens with zero attached hydrogens (tertiary/aromatic N) is 2. The number of aliphatic carboxylic acids is 1. The molecule has 152 valence electrons. The van der Waals surface area contributed by atoms with Gasteiger partial charge in [0.15, 0.2) is 15.6 Å². The number of carbonyl (C=O) groups is 4. The predicted molar refractivity (Wildman–Crippen MR) is 97.4 cm³/mol. The highest BCUT2D eigenvalue weighted by molar-refractivity contribution is 7.91. The van der Waals surface area contributed by atoms with Crippen molar-refractivity contribution in [1.82, 2.24) is 9.80 Å². The van der Waals surface area contributed by atoms with Crippen molar-refractivity contribution in [1.29, 1.82) is 0 Å². The molecule has 0 spiro atoms. The van der Waals surface area contributed by atoms with Crippen LogP contribution >= 0.6 is 0 Å². The number of carboxylic acid groups (broad SMARTS) is 1. The van der Waals surface area contributed by atoms with Gasteiger partial charge in [0.05, 0.1) is 6.54 Å². The summed E-state index contributed by atoms with van der Waals surface area (Å²) in [6, 6.07) is 0. The lowest BCUT2D eigenvalue weighted by atomic mass is 10.3. The lowest BCUT2D eigenvalue weighted by molar-refractivity contribution is -0.144. The van der Waals surface area contributed by atoms with E-state index >= 15 is 0 Å². The van der Waals surface area contributed by atoms with E-state index in [1.807, 2.05) is 0 Å². The van der Waals surface area contributed by atoms with Crippen LogP contribution in [0.15, 0.2) is 0 Å². The van der Waals surface area contributed by atoms with E-state index in [1.165, 1.54) is 9.80 Å². The third kappa shape index (κ3) is 13.3.